The van der Waals surface area contributed by atoms with E-state index in [1.54, 1.807) is 0 Å². The molecular formula is C16H24N6O2. The number of likely N-dealkylation sites (N-methyl/N-ethyl adjacent to an activating group) is 1. The van der Waals surface area contributed by atoms with Crippen LogP contribution in [0, 0.1) is 0 Å². The third-order valence-corrected chi connectivity index (χ3v) is 4.28. The summed E-state index contributed by atoms with van der Waals surface area (Å²) in [6, 6.07) is 0. The summed E-state index contributed by atoms with van der Waals surface area (Å²) in [5.41, 5.74) is 0.764. The van der Waals surface area contributed by atoms with E-state index < -0.39 is 0 Å². The van der Waals surface area contributed by atoms with Gasteiger partial charge in [0.2, 0.25) is 5.91 Å². The average molecular weight is 332 g/mol. The van der Waals surface area contributed by atoms with E-state index in [-0.39, 0.29) is 18.0 Å². The number of hydrogen-bond donors (Lipinski definition) is 1. The summed E-state index contributed by atoms with van der Waals surface area (Å²) in [5.74, 6) is 0.737. The maximum Gasteiger partial charge on any atom is 0.282 e. The molecule has 0 unspecified atom stereocenters. The quantitative estimate of drug-likeness (QED) is 0.833. The minimum absolute atomic E-state index is 0.0304. The van der Waals surface area contributed by atoms with Crippen molar-refractivity contribution in [3.8, 4) is 0 Å². The Morgan fingerprint density at radius 1 is 1.33 bits per heavy atom. The Labute approximate surface area is 140 Å². The molecule has 0 saturated carbocycles. The molecule has 8 heteroatoms. The van der Waals surface area contributed by atoms with Gasteiger partial charge in [-0.15, -0.1) is 0 Å². The molecule has 2 aromatic heterocycles. The highest BCUT2D eigenvalue weighted by Gasteiger charge is 2.18. The summed E-state index contributed by atoms with van der Waals surface area (Å²) in [6.45, 7) is 2.13. The maximum atomic E-state index is 12.6. The number of fused-ring (bicyclic) bond motifs is 3. The lowest BCUT2D eigenvalue weighted by atomic mass is 10.2. The highest BCUT2D eigenvalue weighted by Crippen LogP contribution is 2.18. The van der Waals surface area contributed by atoms with E-state index in [0.29, 0.717) is 17.7 Å². The second kappa shape index (κ2) is 7.12. The first kappa shape index (κ1) is 16.6. The van der Waals surface area contributed by atoms with Crippen LogP contribution in [0.3, 0.4) is 0 Å². The van der Waals surface area contributed by atoms with Crippen molar-refractivity contribution in [1.29, 1.82) is 0 Å². The molecule has 0 saturated heterocycles. The van der Waals surface area contributed by atoms with Crippen molar-refractivity contribution in [2.24, 2.45) is 0 Å². The van der Waals surface area contributed by atoms with Crippen LogP contribution in [0.2, 0.25) is 0 Å². The van der Waals surface area contributed by atoms with Gasteiger partial charge in [-0.2, -0.15) is 0 Å². The molecule has 3 heterocycles. The highest BCUT2D eigenvalue weighted by atomic mass is 16.2. The Bertz CT molecular complexity index is 792. The lowest BCUT2D eigenvalue weighted by Gasteiger charge is -2.11. The van der Waals surface area contributed by atoms with Gasteiger partial charge in [0.15, 0.2) is 11.2 Å². The molecule has 0 spiro atoms. The lowest BCUT2D eigenvalue weighted by molar-refractivity contribution is -0.121. The maximum absolute atomic E-state index is 12.6. The van der Waals surface area contributed by atoms with Gasteiger partial charge in [0.1, 0.15) is 18.7 Å². The zero-order chi connectivity index (χ0) is 17.1. The van der Waals surface area contributed by atoms with Gasteiger partial charge >= 0.3 is 0 Å². The Hall–Kier alpha value is -2.22. The number of aryl methyl sites for hydroxylation is 2. The van der Waals surface area contributed by atoms with Crippen molar-refractivity contribution in [2.75, 3.05) is 27.2 Å². The number of imidazole rings is 1. The number of carbonyl (C=O) groups excluding carboxylic acids is 1. The Morgan fingerprint density at radius 3 is 2.96 bits per heavy atom. The van der Waals surface area contributed by atoms with E-state index in [0.717, 1.165) is 38.2 Å². The van der Waals surface area contributed by atoms with Crippen LogP contribution in [0.1, 0.15) is 25.1 Å². The Kier molecular flexibility index (Phi) is 4.94. The van der Waals surface area contributed by atoms with Crippen molar-refractivity contribution >= 4 is 17.1 Å². The minimum atomic E-state index is -0.247. The normalized spacial score (nSPS) is 14.6. The monoisotopic (exact) mass is 332 g/mol. The molecule has 0 atom stereocenters. The van der Waals surface area contributed by atoms with Crippen LogP contribution in [0.25, 0.3) is 11.2 Å². The summed E-state index contributed by atoms with van der Waals surface area (Å²) < 4.78 is 3.38. The second-order valence-electron chi connectivity index (χ2n) is 6.49. The van der Waals surface area contributed by atoms with Crippen LogP contribution in [0.15, 0.2) is 11.1 Å². The van der Waals surface area contributed by atoms with Crippen LogP contribution in [-0.4, -0.2) is 57.1 Å². The first-order chi connectivity index (χ1) is 11.6. The third-order valence-electron chi connectivity index (χ3n) is 4.28. The van der Waals surface area contributed by atoms with Gasteiger partial charge in [-0.1, -0.05) is 6.42 Å². The van der Waals surface area contributed by atoms with Gasteiger partial charge in [-0.3, -0.25) is 14.2 Å². The van der Waals surface area contributed by atoms with Crippen LogP contribution in [0.5, 0.6) is 0 Å². The molecule has 24 heavy (non-hydrogen) atoms. The number of amides is 1. The van der Waals surface area contributed by atoms with Crippen molar-refractivity contribution in [2.45, 2.75) is 38.8 Å². The van der Waals surface area contributed by atoms with Crippen LogP contribution >= 0.6 is 0 Å². The van der Waals surface area contributed by atoms with Crippen LogP contribution in [0.4, 0.5) is 0 Å². The van der Waals surface area contributed by atoms with Gasteiger partial charge in [-0.05, 0) is 26.9 Å². The topological polar surface area (TPSA) is 85.1 Å². The SMILES string of the molecule is CN(C)CCNC(=O)Cn1cnc2c(nc3n2CCCCC3)c1=O. The molecule has 0 aliphatic carbocycles. The number of rotatable bonds is 5. The van der Waals surface area contributed by atoms with Crippen molar-refractivity contribution in [3.05, 3.63) is 22.5 Å². The fourth-order valence-corrected chi connectivity index (χ4v) is 2.97. The minimum Gasteiger partial charge on any atom is -0.353 e. The first-order valence-corrected chi connectivity index (χ1v) is 8.42. The molecule has 0 fully saturated rings. The first-order valence-electron chi connectivity index (χ1n) is 8.42. The smallest absolute Gasteiger partial charge is 0.282 e. The van der Waals surface area contributed by atoms with Gasteiger partial charge in [0, 0.05) is 26.1 Å². The van der Waals surface area contributed by atoms with Crippen molar-refractivity contribution < 1.29 is 4.79 Å². The molecular weight excluding hydrogens is 308 g/mol. The zero-order valence-corrected chi connectivity index (χ0v) is 14.3. The third kappa shape index (κ3) is 3.48. The molecule has 1 amide bonds. The van der Waals surface area contributed by atoms with E-state index in [4.69, 9.17) is 0 Å². The fraction of sp³-hybridized carbons (Fsp3) is 0.625. The summed E-state index contributed by atoms with van der Waals surface area (Å²) in [7, 11) is 3.88. The summed E-state index contributed by atoms with van der Waals surface area (Å²) in [5, 5.41) is 2.80. The van der Waals surface area contributed by atoms with E-state index in [9.17, 15) is 9.59 Å². The summed E-state index contributed by atoms with van der Waals surface area (Å²) >= 11 is 0. The molecule has 1 N–H and O–H groups in total. The number of nitrogens with zero attached hydrogens (tertiary/aromatic N) is 5. The number of aromatic nitrogens is 4. The molecule has 1 aliphatic rings. The largest absolute Gasteiger partial charge is 0.353 e. The second-order valence-corrected chi connectivity index (χ2v) is 6.49. The number of carbonyl (C=O) groups is 1. The Balaban J connectivity index is 1.79. The van der Waals surface area contributed by atoms with Gasteiger partial charge in [0.25, 0.3) is 5.56 Å². The molecule has 3 rings (SSSR count). The van der Waals surface area contributed by atoms with Crippen molar-refractivity contribution in [1.82, 2.24) is 29.3 Å². The number of nitrogens with one attached hydrogen (secondary N) is 1. The Morgan fingerprint density at radius 2 is 2.17 bits per heavy atom. The molecule has 130 valence electrons. The molecule has 1 aliphatic heterocycles. The van der Waals surface area contributed by atoms with Gasteiger partial charge in [0.05, 0.1) is 0 Å². The zero-order valence-electron chi connectivity index (χ0n) is 14.3. The van der Waals surface area contributed by atoms with Gasteiger partial charge < -0.3 is 14.8 Å². The number of hydrogen-bond acceptors (Lipinski definition) is 5. The molecule has 0 radical (unpaired) electrons. The molecule has 0 bridgehead atoms. The average Bonchev–Trinajstić information content (AvgIpc) is 2.73. The highest BCUT2D eigenvalue weighted by molar-refractivity contribution is 5.76. The molecule has 2 aromatic rings. The van der Waals surface area contributed by atoms with E-state index >= 15 is 0 Å². The van der Waals surface area contributed by atoms with Crippen molar-refractivity contribution in [3.63, 3.8) is 0 Å². The van der Waals surface area contributed by atoms with E-state index in [1.807, 2.05) is 23.6 Å². The van der Waals surface area contributed by atoms with Gasteiger partial charge in [-0.25, -0.2) is 9.97 Å². The summed E-state index contributed by atoms with van der Waals surface area (Å²) in [6.07, 6.45) is 5.68. The van der Waals surface area contributed by atoms with Crippen LogP contribution < -0.4 is 10.9 Å². The lowest BCUT2D eigenvalue weighted by Crippen LogP contribution is -2.36. The molecule has 8 nitrogen and oxygen atoms in total. The fourth-order valence-electron chi connectivity index (χ4n) is 2.97. The standard InChI is InChI=1S/C16H24N6O2/c1-20(2)9-7-17-13(23)10-21-11-18-15-14(16(21)24)19-12-6-4-3-5-8-22(12)15/h11H,3-10H2,1-2H3,(H,17,23). The predicted molar refractivity (Wildman–Crippen MR) is 90.9 cm³/mol. The van der Waals surface area contributed by atoms with E-state index in [2.05, 4.69) is 15.3 Å². The predicted octanol–water partition coefficient (Wildman–Crippen LogP) is -0.00280. The van der Waals surface area contributed by atoms with Crippen LogP contribution in [-0.2, 0) is 24.3 Å². The molecule has 0 aromatic carbocycles. The van der Waals surface area contributed by atoms with E-state index in [1.165, 1.54) is 17.3 Å². The summed E-state index contributed by atoms with van der Waals surface area (Å²) in [4.78, 5) is 35.5.